The molecule has 0 aliphatic rings. The molecule has 0 aliphatic carbocycles. The molecule has 0 unspecified atom stereocenters. The highest BCUT2D eigenvalue weighted by atomic mass is 16.6. The second-order valence-electron chi connectivity index (χ2n) is 2.27. The predicted molar refractivity (Wildman–Crippen MR) is 50.7 cm³/mol. The fourth-order valence-corrected chi connectivity index (χ4v) is 0.914. The quantitative estimate of drug-likeness (QED) is 0.428. The molecule has 4 nitrogen and oxygen atoms in total. The van der Waals surface area contributed by atoms with Gasteiger partial charge in [0.2, 0.25) is 6.41 Å². The summed E-state index contributed by atoms with van der Waals surface area (Å²) in [6, 6.07) is 7.29. The zero-order chi connectivity index (χ0) is 9.52. The van der Waals surface area contributed by atoms with E-state index in [1.165, 1.54) is 13.3 Å². The summed E-state index contributed by atoms with van der Waals surface area (Å²) in [7, 11) is 1.46. The lowest BCUT2D eigenvalue weighted by Crippen LogP contribution is -1.97. The molecule has 1 aromatic rings. The van der Waals surface area contributed by atoms with E-state index in [4.69, 9.17) is 0 Å². The van der Waals surface area contributed by atoms with E-state index < -0.39 is 0 Å². The molecule has 0 aliphatic heterocycles. The Bertz CT molecular complexity index is 310. The minimum Gasteiger partial charge on any atom is -0.399 e. The first-order chi connectivity index (χ1) is 6.38. The van der Waals surface area contributed by atoms with Crippen LogP contribution in [-0.4, -0.2) is 19.7 Å². The largest absolute Gasteiger partial charge is 0.399 e. The Hall–Kier alpha value is -1.84. The van der Waals surface area contributed by atoms with E-state index in [-0.39, 0.29) is 0 Å². The lowest BCUT2D eigenvalue weighted by atomic mass is 10.2. The van der Waals surface area contributed by atoms with Gasteiger partial charge >= 0.3 is 0 Å². The van der Waals surface area contributed by atoms with Gasteiger partial charge in [-0.2, -0.15) is 0 Å². The van der Waals surface area contributed by atoms with Crippen LogP contribution in [0.5, 0.6) is 0 Å². The summed E-state index contributed by atoms with van der Waals surface area (Å²) in [5.74, 6) is 0. The number of hydrogen-bond donors (Lipinski definition) is 1. The van der Waals surface area contributed by atoms with Crippen molar-refractivity contribution in [1.29, 1.82) is 0 Å². The van der Waals surface area contributed by atoms with Crippen LogP contribution in [0.2, 0.25) is 0 Å². The minimum atomic E-state index is 0.624. The van der Waals surface area contributed by atoms with Crippen molar-refractivity contribution >= 4 is 18.3 Å². The van der Waals surface area contributed by atoms with Gasteiger partial charge in [0.05, 0.1) is 6.21 Å². The number of nitrogens with one attached hydrogen (secondary N) is 1. The number of carbonyl (C=O) groups is 1. The van der Waals surface area contributed by atoms with Crippen LogP contribution in [0.15, 0.2) is 29.4 Å². The highest BCUT2D eigenvalue weighted by Crippen LogP contribution is 2.11. The molecule has 0 spiro atoms. The van der Waals surface area contributed by atoms with Gasteiger partial charge in [-0.3, -0.25) is 4.79 Å². The molecule has 0 heterocycles. The second kappa shape index (κ2) is 4.92. The average Bonchev–Trinajstić information content (AvgIpc) is 2.17. The van der Waals surface area contributed by atoms with Crippen LogP contribution >= 0.6 is 0 Å². The normalized spacial score (nSPS) is 9.92. The molecule has 4 heteroatoms. The number of amides is 1. The summed E-state index contributed by atoms with van der Waals surface area (Å²) in [6.07, 6.45) is 2.16. The number of hydrogen-bond acceptors (Lipinski definition) is 3. The third-order valence-electron chi connectivity index (χ3n) is 1.47. The fraction of sp³-hybridized carbons (Fsp3) is 0.111. The van der Waals surface area contributed by atoms with Crippen molar-refractivity contribution in [3.63, 3.8) is 0 Å². The number of para-hydroxylation sites is 1. The van der Waals surface area contributed by atoms with Gasteiger partial charge in [0.15, 0.2) is 0 Å². The Morgan fingerprint density at radius 3 is 2.92 bits per heavy atom. The molecule has 0 aromatic heterocycles. The van der Waals surface area contributed by atoms with Crippen LogP contribution in [0.4, 0.5) is 5.69 Å². The maximum atomic E-state index is 10.2. The van der Waals surface area contributed by atoms with Crippen LogP contribution in [0.25, 0.3) is 0 Å². The SMILES string of the molecule is CON=Cc1ccccc1NC=O. The van der Waals surface area contributed by atoms with Crippen molar-refractivity contribution in [1.82, 2.24) is 0 Å². The Kier molecular flexibility index (Phi) is 3.50. The number of nitrogens with zero attached hydrogens (tertiary/aromatic N) is 1. The zero-order valence-electron chi connectivity index (χ0n) is 7.23. The zero-order valence-corrected chi connectivity index (χ0v) is 7.23. The lowest BCUT2D eigenvalue weighted by molar-refractivity contribution is -0.105. The number of benzene rings is 1. The molecule has 0 saturated heterocycles. The standard InChI is InChI=1S/C9H10N2O2/c1-13-11-6-8-4-2-3-5-9(8)10-7-12/h2-7H,1H3,(H,10,12). The number of oxime groups is 1. The van der Waals surface area contributed by atoms with Gasteiger partial charge < -0.3 is 10.2 Å². The number of carbonyl (C=O) groups excluding carboxylic acids is 1. The highest BCUT2D eigenvalue weighted by molar-refractivity contribution is 5.90. The predicted octanol–water partition coefficient (Wildman–Crippen LogP) is 1.24. The van der Waals surface area contributed by atoms with Gasteiger partial charge in [0, 0.05) is 11.3 Å². The molecule has 68 valence electrons. The first kappa shape index (κ1) is 9.25. The smallest absolute Gasteiger partial charge is 0.211 e. The lowest BCUT2D eigenvalue weighted by Gasteiger charge is -2.01. The summed E-state index contributed by atoms with van der Waals surface area (Å²) in [5.41, 5.74) is 1.51. The first-order valence-corrected chi connectivity index (χ1v) is 3.74. The summed E-state index contributed by atoms with van der Waals surface area (Å²) in [4.78, 5) is 14.7. The Morgan fingerprint density at radius 1 is 1.46 bits per heavy atom. The topological polar surface area (TPSA) is 50.7 Å². The van der Waals surface area contributed by atoms with Gasteiger partial charge in [-0.05, 0) is 6.07 Å². The van der Waals surface area contributed by atoms with E-state index in [9.17, 15) is 4.79 Å². The van der Waals surface area contributed by atoms with E-state index in [1.807, 2.05) is 18.2 Å². The van der Waals surface area contributed by atoms with Gasteiger partial charge in [0.25, 0.3) is 0 Å². The van der Waals surface area contributed by atoms with Crippen LogP contribution in [-0.2, 0) is 9.63 Å². The molecule has 1 aromatic carbocycles. The van der Waals surface area contributed by atoms with Crippen molar-refractivity contribution in [2.75, 3.05) is 12.4 Å². The van der Waals surface area contributed by atoms with E-state index in [1.54, 1.807) is 6.07 Å². The van der Waals surface area contributed by atoms with Crippen molar-refractivity contribution in [3.05, 3.63) is 29.8 Å². The molecule has 1 N–H and O–H groups in total. The number of anilines is 1. The summed E-state index contributed by atoms with van der Waals surface area (Å²) in [5, 5.41) is 6.16. The molecule has 0 atom stereocenters. The van der Waals surface area contributed by atoms with Crippen molar-refractivity contribution in [2.45, 2.75) is 0 Å². The van der Waals surface area contributed by atoms with Crippen molar-refractivity contribution in [2.24, 2.45) is 5.16 Å². The molecule has 0 bridgehead atoms. The average molecular weight is 178 g/mol. The van der Waals surface area contributed by atoms with Gasteiger partial charge in [-0.25, -0.2) is 0 Å². The molecule has 1 amide bonds. The third-order valence-corrected chi connectivity index (χ3v) is 1.47. The highest BCUT2D eigenvalue weighted by Gasteiger charge is 1.96. The van der Waals surface area contributed by atoms with E-state index in [0.717, 1.165) is 5.56 Å². The number of rotatable bonds is 4. The molecule has 0 fully saturated rings. The third kappa shape index (κ3) is 2.59. The molecular formula is C9H10N2O2. The van der Waals surface area contributed by atoms with Crippen LogP contribution in [0, 0.1) is 0 Å². The van der Waals surface area contributed by atoms with Crippen LogP contribution in [0.1, 0.15) is 5.56 Å². The summed E-state index contributed by atoms with van der Waals surface area (Å²) >= 11 is 0. The maximum absolute atomic E-state index is 10.2. The van der Waals surface area contributed by atoms with Gasteiger partial charge in [-0.1, -0.05) is 23.4 Å². The van der Waals surface area contributed by atoms with E-state index >= 15 is 0 Å². The van der Waals surface area contributed by atoms with E-state index in [0.29, 0.717) is 12.1 Å². The van der Waals surface area contributed by atoms with Crippen LogP contribution < -0.4 is 5.32 Å². The van der Waals surface area contributed by atoms with Crippen molar-refractivity contribution in [3.8, 4) is 0 Å². The Morgan fingerprint density at radius 2 is 2.23 bits per heavy atom. The summed E-state index contributed by atoms with van der Waals surface area (Å²) < 4.78 is 0. The monoisotopic (exact) mass is 178 g/mol. The molecular weight excluding hydrogens is 168 g/mol. The molecule has 13 heavy (non-hydrogen) atoms. The Balaban J connectivity index is 2.90. The van der Waals surface area contributed by atoms with Gasteiger partial charge in [-0.15, -0.1) is 0 Å². The second-order valence-corrected chi connectivity index (χ2v) is 2.27. The van der Waals surface area contributed by atoms with Gasteiger partial charge in [0.1, 0.15) is 7.11 Å². The first-order valence-electron chi connectivity index (χ1n) is 3.74. The molecule has 0 saturated carbocycles. The molecule has 0 radical (unpaired) electrons. The molecule has 1 rings (SSSR count). The minimum absolute atomic E-state index is 0.624. The Labute approximate surface area is 76.2 Å². The summed E-state index contributed by atoms with van der Waals surface area (Å²) in [6.45, 7) is 0. The fourth-order valence-electron chi connectivity index (χ4n) is 0.914. The van der Waals surface area contributed by atoms with Crippen molar-refractivity contribution < 1.29 is 9.63 Å². The van der Waals surface area contributed by atoms with Crippen LogP contribution in [0.3, 0.4) is 0 Å². The maximum Gasteiger partial charge on any atom is 0.211 e. The van der Waals surface area contributed by atoms with E-state index in [2.05, 4.69) is 15.3 Å².